The maximum atomic E-state index is 12.4. The zero-order chi connectivity index (χ0) is 14.1. The molecule has 0 radical (unpaired) electrons. The van der Waals surface area contributed by atoms with Crippen LogP contribution in [0.3, 0.4) is 0 Å². The Morgan fingerprint density at radius 2 is 2.15 bits per heavy atom. The second-order valence-corrected chi connectivity index (χ2v) is 6.37. The van der Waals surface area contributed by atoms with Crippen molar-refractivity contribution in [3.63, 3.8) is 0 Å². The zero-order valence-corrected chi connectivity index (χ0v) is 12.7. The molecule has 1 atom stereocenters. The highest BCUT2D eigenvalue weighted by atomic mass is 32.2. The molecular weight excluding hydrogens is 272 g/mol. The van der Waals surface area contributed by atoms with Gasteiger partial charge >= 0.3 is 0 Å². The molecule has 1 aromatic rings. The summed E-state index contributed by atoms with van der Waals surface area (Å²) in [7, 11) is 0. The molecule has 3 saturated heterocycles. The number of nitrogens with one attached hydrogen (secondary N) is 1. The summed E-state index contributed by atoms with van der Waals surface area (Å²) in [6, 6.07) is 2.04. The van der Waals surface area contributed by atoms with E-state index in [0.29, 0.717) is 16.8 Å². The Labute approximate surface area is 123 Å². The van der Waals surface area contributed by atoms with E-state index >= 15 is 0 Å². The fraction of sp³-hybridized carbons (Fsp3) is 0.643. The molecule has 2 bridgehead atoms. The highest BCUT2D eigenvalue weighted by molar-refractivity contribution is 7.98. The lowest BCUT2D eigenvalue weighted by atomic mass is 9.84. The molecule has 108 valence electrons. The Kier molecular flexibility index (Phi) is 3.94. The van der Waals surface area contributed by atoms with E-state index in [9.17, 15) is 4.79 Å². The summed E-state index contributed by atoms with van der Waals surface area (Å²) >= 11 is 1.46. The van der Waals surface area contributed by atoms with Crippen molar-refractivity contribution in [3.8, 4) is 0 Å². The molecule has 0 aromatic carbocycles. The van der Waals surface area contributed by atoms with Gasteiger partial charge in [-0.2, -0.15) is 0 Å². The van der Waals surface area contributed by atoms with Crippen molar-refractivity contribution < 1.29 is 4.79 Å². The van der Waals surface area contributed by atoms with E-state index in [1.807, 2.05) is 13.2 Å². The number of carbonyl (C=O) groups is 1. The second-order valence-electron chi connectivity index (χ2n) is 5.60. The van der Waals surface area contributed by atoms with Gasteiger partial charge in [-0.3, -0.25) is 4.79 Å². The fourth-order valence-corrected chi connectivity index (χ4v) is 3.54. The Balaban J connectivity index is 1.71. The van der Waals surface area contributed by atoms with Crippen LogP contribution in [0.4, 0.5) is 0 Å². The van der Waals surface area contributed by atoms with Gasteiger partial charge in [0.25, 0.3) is 5.91 Å². The summed E-state index contributed by atoms with van der Waals surface area (Å²) in [5.74, 6) is 0.566. The second kappa shape index (κ2) is 5.69. The van der Waals surface area contributed by atoms with Crippen molar-refractivity contribution in [1.82, 2.24) is 20.2 Å². The van der Waals surface area contributed by atoms with Crippen molar-refractivity contribution in [1.29, 1.82) is 0 Å². The average molecular weight is 292 g/mol. The predicted molar refractivity (Wildman–Crippen MR) is 79.0 cm³/mol. The van der Waals surface area contributed by atoms with Crippen LogP contribution < -0.4 is 5.32 Å². The fourth-order valence-electron chi connectivity index (χ4n) is 3.12. The lowest BCUT2D eigenvalue weighted by Gasteiger charge is -2.44. The Bertz CT molecular complexity index is 514. The number of amides is 1. The molecule has 1 aromatic heterocycles. The van der Waals surface area contributed by atoms with Crippen LogP contribution >= 0.6 is 11.8 Å². The number of thioether (sulfide) groups is 1. The third kappa shape index (κ3) is 2.81. The van der Waals surface area contributed by atoms with Gasteiger partial charge in [-0.05, 0) is 51.1 Å². The van der Waals surface area contributed by atoms with E-state index in [2.05, 4.69) is 20.2 Å². The van der Waals surface area contributed by atoms with Gasteiger partial charge in [0.15, 0.2) is 5.16 Å². The number of aryl methyl sites for hydroxylation is 1. The average Bonchev–Trinajstić information content (AvgIpc) is 2.47. The quantitative estimate of drug-likeness (QED) is 0.673. The van der Waals surface area contributed by atoms with E-state index in [1.54, 1.807) is 6.07 Å². The predicted octanol–water partition coefficient (Wildman–Crippen LogP) is 1.33. The minimum absolute atomic E-state index is 0.0652. The first-order chi connectivity index (χ1) is 9.65. The Hall–Kier alpha value is -1.14. The SMILES string of the molecule is CSc1nc(C)cc(C(=O)NC2CN3CCC2CC3)n1. The first kappa shape index (κ1) is 13.8. The number of nitrogens with zero attached hydrogens (tertiary/aromatic N) is 3. The number of piperidine rings is 3. The van der Waals surface area contributed by atoms with Gasteiger partial charge in [0.1, 0.15) is 5.69 Å². The molecule has 3 fully saturated rings. The van der Waals surface area contributed by atoms with Crippen LogP contribution in [0.25, 0.3) is 0 Å². The molecule has 5 nitrogen and oxygen atoms in total. The van der Waals surface area contributed by atoms with Gasteiger partial charge < -0.3 is 10.2 Å². The topological polar surface area (TPSA) is 58.1 Å². The standard InChI is InChI=1S/C14H20N4OS/c1-9-7-11(17-14(15-9)20-2)13(19)16-12-8-18-5-3-10(12)4-6-18/h7,10,12H,3-6,8H2,1-2H3,(H,16,19). The van der Waals surface area contributed by atoms with Crippen molar-refractivity contribution in [2.75, 3.05) is 25.9 Å². The lowest BCUT2D eigenvalue weighted by molar-refractivity contribution is 0.0617. The van der Waals surface area contributed by atoms with Gasteiger partial charge in [-0.25, -0.2) is 9.97 Å². The molecule has 4 heterocycles. The van der Waals surface area contributed by atoms with E-state index in [4.69, 9.17) is 0 Å². The van der Waals surface area contributed by atoms with Gasteiger partial charge in [0.05, 0.1) is 0 Å². The molecule has 20 heavy (non-hydrogen) atoms. The normalized spacial score (nSPS) is 28.4. The molecule has 0 aliphatic carbocycles. The molecule has 0 spiro atoms. The molecule has 4 rings (SSSR count). The van der Waals surface area contributed by atoms with E-state index in [1.165, 1.54) is 37.7 Å². The van der Waals surface area contributed by atoms with Crippen molar-refractivity contribution >= 4 is 17.7 Å². The van der Waals surface area contributed by atoms with Crippen LogP contribution in [0.2, 0.25) is 0 Å². The van der Waals surface area contributed by atoms with Gasteiger partial charge in [0, 0.05) is 18.3 Å². The van der Waals surface area contributed by atoms with Crippen molar-refractivity contribution in [2.45, 2.75) is 31.0 Å². The Morgan fingerprint density at radius 1 is 1.40 bits per heavy atom. The highest BCUT2D eigenvalue weighted by Gasteiger charge is 2.35. The Morgan fingerprint density at radius 3 is 2.75 bits per heavy atom. The summed E-state index contributed by atoms with van der Waals surface area (Å²) in [4.78, 5) is 23.4. The third-order valence-corrected chi connectivity index (χ3v) is 4.77. The molecule has 6 heteroatoms. The molecule has 1 amide bonds. The molecule has 3 aliphatic heterocycles. The highest BCUT2D eigenvalue weighted by Crippen LogP contribution is 2.27. The first-order valence-electron chi connectivity index (χ1n) is 7.08. The smallest absolute Gasteiger partial charge is 0.270 e. The summed E-state index contributed by atoms with van der Waals surface area (Å²) in [5, 5.41) is 3.82. The number of fused-ring (bicyclic) bond motifs is 3. The van der Waals surface area contributed by atoms with Crippen LogP contribution in [-0.4, -0.2) is 52.7 Å². The molecule has 3 aliphatic rings. The van der Waals surface area contributed by atoms with E-state index in [-0.39, 0.29) is 11.9 Å². The maximum absolute atomic E-state index is 12.4. The molecular formula is C14H20N4OS. The number of hydrogen-bond donors (Lipinski definition) is 1. The number of rotatable bonds is 3. The van der Waals surface area contributed by atoms with Crippen LogP contribution in [0, 0.1) is 12.8 Å². The lowest BCUT2D eigenvalue weighted by Crippen LogP contribution is -2.57. The minimum Gasteiger partial charge on any atom is -0.346 e. The summed E-state index contributed by atoms with van der Waals surface area (Å²) in [6.45, 7) is 5.24. The van der Waals surface area contributed by atoms with Gasteiger partial charge in [0.2, 0.25) is 0 Å². The van der Waals surface area contributed by atoms with E-state index < -0.39 is 0 Å². The molecule has 0 saturated carbocycles. The van der Waals surface area contributed by atoms with Gasteiger partial charge in [-0.15, -0.1) is 0 Å². The molecule has 1 unspecified atom stereocenters. The number of aromatic nitrogens is 2. The third-order valence-electron chi connectivity index (χ3n) is 4.22. The van der Waals surface area contributed by atoms with E-state index in [0.717, 1.165) is 12.2 Å². The summed E-state index contributed by atoms with van der Waals surface area (Å²) in [5.41, 5.74) is 1.32. The maximum Gasteiger partial charge on any atom is 0.270 e. The zero-order valence-electron chi connectivity index (χ0n) is 11.9. The summed E-state index contributed by atoms with van der Waals surface area (Å²) < 4.78 is 0. The monoisotopic (exact) mass is 292 g/mol. The van der Waals surface area contributed by atoms with Crippen molar-refractivity contribution in [2.24, 2.45) is 5.92 Å². The molecule has 1 N–H and O–H groups in total. The van der Waals surface area contributed by atoms with Crippen LogP contribution in [0.1, 0.15) is 29.0 Å². The van der Waals surface area contributed by atoms with Crippen LogP contribution in [0.15, 0.2) is 11.2 Å². The first-order valence-corrected chi connectivity index (χ1v) is 8.31. The van der Waals surface area contributed by atoms with Crippen LogP contribution in [-0.2, 0) is 0 Å². The summed E-state index contributed by atoms with van der Waals surface area (Å²) in [6.07, 6.45) is 4.32. The van der Waals surface area contributed by atoms with Gasteiger partial charge in [-0.1, -0.05) is 11.8 Å². The largest absolute Gasteiger partial charge is 0.346 e. The minimum atomic E-state index is -0.0652. The van der Waals surface area contributed by atoms with Crippen LogP contribution in [0.5, 0.6) is 0 Å². The number of carbonyl (C=O) groups excluding carboxylic acids is 1. The van der Waals surface area contributed by atoms with Crippen molar-refractivity contribution in [3.05, 3.63) is 17.5 Å². The number of hydrogen-bond acceptors (Lipinski definition) is 5.